The number of carbonyl (C=O) groups excluding carboxylic acids is 1. The Labute approximate surface area is 103 Å². The second kappa shape index (κ2) is 4.99. The van der Waals surface area contributed by atoms with Crippen LogP contribution < -0.4 is 16.0 Å². The van der Waals surface area contributed by atoms with E-state index in [-0.39, 0.29) is 6.61 Å². The number of fused-ring (bicyclic) bond motifs is 1. The molecule has 3 N–H and O–H groups in total. The number of pyridine rings is 1. The molecule has 88 valence electrons. The molecule has 1 amide bonds. The molecule has 2 aromatic rings. The van der Waals surface area contributed by atoms with Crippen LogP contribution in [0, 0.1) is 0 Å². The molecule has 5 nitrogen and oxygen atoms in total. The first-order valence-corrected chi connectivity index (χ1v) is 5.25. The van der Waals surface area contributed by atoms with Crippen molar-refractivity contribution in [3.8, 4) is 5.75 Å². The highest BCUT2D eigenvalue weighted by molar-refractivity contribution is 6.33. The van der Waals surface area contributed by atoms with Crippen molar-refractivity contribution < 1.29 is 9.53 Å². The third-order valence-corrected chi connectivity index (χ3v) is 2.49. The molecule has 0 unspecified atom stereocenters. The zero-order valence-corrected chi connectivity index (χ0v) is 9.57. The van der Waals surface area contributed by atoms with E-state index in [1.807, 2.05) is 23.6 Å². The van der Waals surface area contributed by atoms with Crippen LogP contribution in [0.3, 0.4) is 0 Å². The predicted octanol–water partition coefficient (Wildman–Crippen LogP) is 1.26. The summed E-state index contributed by atoms with van der Waals surface area (Å²) < 4.78 is 5.32. The van der Waals surface area contributed by atoms with Crippen LogP contribution >= 0.6 is 11.6 Å². The summed E-state index contributed by atoms with van der Waals surface area (Å²) in [7, 11) is 0. The summed E-state index contributed by atoms with van der Waals surface area (Å²) in [4.78, 5) is 15.2. The number of ether oxygens (including phenoxy) is 1. The molecule has 0 bridgehead atoms. The highest BCUT2D eigenvalue weighted by Gasteiger charge is 2.10. The number of hydrogen-bond acceptors (Lipinski definition) is 4. The fourth-order valence-corrected chi connectivity index (χ4v) is 1.62. The molecule has 0 radical (unpaired) electrons. The number of rotatable bonds is 3. The van der Waals surface area contributed by atoms with Crippen molar-refractivity contribution in [2.75, 3.05) is 6.61 Å². The smallest absolute Gasteiger partial charge is 0.271 e. The minimum atomic E-state index is -0.436. The maximum absolute atomic E-state index is 11.0. The molecule has 0 saturated heterocycles. The maximum Gasteiger partial charge on any atom is 0.271 e. The van der Waals surface area contributed by atoms with E-state index in [1.165, 1.54) is 0 Å². The van der Waals surface area contributed by atoms with Gasteiger partial charge in [-0.25, -0.2) is 5.84 Å². The Hall–Kier alpha value is -1.85. The van der Waals surface area contributed by atoms with Crippen LogP contribution in [0.2, 0.25) is 5.02 Å². The predicted molar refractivity (Wildman–Crippen MR) is 64.6 cm³/mol. The van der Waals surface area contributed by atoms with Crippen molar-refractivity contribution in [2.45, 2.75) is 0 Å². The quantitative estimate of drug-likeness (QED) is 0.489. The average molecular weight is 252 g/mol. The van der Waals surface area contributed by atoms with Gasteiger partial charge in [0.2, 0.25) is 0 Å². The first-order chi connectivity index (χ1) is 8.22. The number of amides is 1. The van der Waals surface area contributed by atoms with Crippen molar-refractivity contribution in [3.63, 3.8) is 0 Å². The zero-order valence-electron chi connectivity index (χ0n) is 8.81. The highest BCUT2D eigenvalue weighted by atomic mass is 35.5. The fourth-order valence-electron chi connectivity index (χ4n) is 1.41. The molecule has 2 rings (SSSR count). The number of hydrogen-bond donors (Lipinski definition) is 2. The first-order valence-electron chi connectivity index (χ1n) is 4.88. The third-order valence-electron chi connectivity index (χ3n) is 2.19. The molecule has 17 heavy (non-hydrogen) atoms. The Balaban J connectivity index is 2.37. The molecule has 0 spiro atoms. The number of carbonyl (C=O) groups is 1. The van der Waals surface area contributed by atoms with E-state index < -0.39 is 5.91 Å². The van der Waals surface area contributed by atoms with Gasteiger partial charge in [0.25, 0.3) is 5.91 Å². The SMILES string of the molecule is NNC(=O)COc1c(Cl)ccc2cccnc12. The van der Waals surface area contributed by atoms with Gasteiger partial charge in [0.15, 0.2) is 12.4 Å². The summed E-state index contributed by atoms with van der Waals surface area (Å²) >= 11 is 6.00. The van der Waals surface area contributed by atoms with Crippen molar-refractivity contribution >= 4 is 28.4 Å². The summed E-state index contributed by atoms with van der Waals surface area (Å²) in [5.74, 6) is 4.91. The summed E-state index contributed by atoms with van der Waals surface area (Å²) in [6, 6.07) is 7.23. The lowest BCUT2D eigenvalue weighted by Gasteiger charge is -2.09. The summed E-state index contributed by atoms with van der Waals surface area (Å²) in [5.41, 5.74) is 2.59. The van der Waals surface area contributed by atoms with E-state index in [9.17, 15) is 4.79 Å². The van der Waals surface area contributed by atoms with E-state index in [2.05, 4.69) is 4.98 Å². The van der Waals surface area contributed by atoms with Crippen LogP contribution in [-0.4, -0.2) is 17.5 Å². The lowest BCUT2D eigenvalue weighted by atomic mass is 10.2. The van der Waals surface area contributed by atoms with Gasteiger partial charge in [-0.3, -0.25) is 15.2 Å². The standard InChI is InChI=1S/C11H10ClN3O2/c12-8-4-3-7-2-1-5-14-10(7)11(8)17-6-9(16)15-13/h1-5H,6,13H2,(H,15,16). The minimum Gasteiger partial charge on any atom is -0.480 e. The monoisotopic (exact) mass is 251 g/mol. The molecule has 1 heterocycles. The second-order valence-electron chi connectivity index (χ2n) is 3.31. The van der Waals surface area contributed by atoms with Crippen molar-refractivity contribution in [3.05, 3.63) is 35.5 Å². The number of nitrogens with zero attached hydrogens (tertiary/aromatic N) is 1. The lowest BCUT2D eigenvalue weighted by Crippen LogP contribution is -2.34. The van der Waals surface area contributed by atoms with Gasteiger partial charge in [0.05, 0.1) is 5.02 Å². The maximum atomic E-state index is 11.0. The second-order valence-corrected chi connectivity index (χ2v) is 3.72. The molecule has 1 aromatic carbocycles. The van der Waals surface area contributed by atoms with E-state index in [4.69, 9.17) is 22.2 Å². The number of nitrogens with two attached hydrogens (primary N) is 1. The van der Waals surface area contributed by atoms with Gasteiger partial charge in [-0.2, -0.15) is 0 Å². The Kier molecular flexibility index (Phi) is 3.41. The van der Waals surface area contributed by atoms with Crippen molar-refractivity contribution in [2.24, 2.45) is 5.84 Å². The number of benzene rings is 1. The van der Waals surface area contributed by atoms with Gasteiger partial charge >= 0.3 is 0 Å². The Morgan fingerprint density at radius 1 is 1.47 bits per heavy atom. The van der Waals surface area contributed by atoms with E-state index in [0.29, 0.717) is 16.3 Å². The molecule has 0 aliphatic carbocycles. The van der Waals surface area contributed by atoms with Crippen LogP contribution in [0.4, 0.5) is 0 Å². The van der Waals surface area contributed by atoms with Crippen LogP contribution in [0.15, 0.2) is 30.5 Å². The van der Waals surface area contributed by atoms with Crippen molar-refractivity contribution in [1.29, 1.82) is 0 Å². The minimum absolute atomic E-state index is 0.202. The van der Waals surface area contributed by atoms with Gasteiger partial charge in [0, 0.05) is 11.6 Å². The van der Waals surface area contributed by atoms with Gasteiger partial charge in [0.1, 0.15) is 5.52 Å². The van der Waals surface area contributed by atoms with Crippen LogP contribution in [0.1, 0.15) is 0 Å². The molecule has 0 atom stereocenters. The van der Waals surface area contributed by atoms with E-state index >= 15 is 0 Å². The van der Waals surface area contributed by atoms with Gasteiger partial charge in [-0.15, -0.1) is 0 Å². The Bertz CT molecular complexity index is 559. The molecule has 6 heteroatoms. The molecule has 0 saturated carbocycles. The highest BCUT2D eigenvalue weighted by Crippen LogP contribution is 2.31. The lowest BCUT2D eigenvalue weighted by molar-refractivity contribution is -0.123. The van der Waals surface area contributed by atoms with Gasteiger partial charge in [-0.05, 0) is 12.1 Å². The summed E-state index contributed by atoms with van der Waals surface area (Å²) in [5, 5.41) is 1.29. The number of nitrogens with one attached hydrogen (secondary N) is 1. The number of aromatic nitrogens is 1. The third kappa shape index (κ3) is 2.46. The number of hydrazine groups is 1. The van der Waals surface area contributed by atoms with E-state index in [0.717, 1.165) is 5.39 Å². The molecular formula is C11H10ClN3O2. The normalized spacial score (nSPS) is 10.2. The summed E-state index contributed by atoms with van der Waals surface area (Å²) in [6.07, 6.45) is 1.63. The molecule has 0 fully saturated rings. The molecule has 0 aliphatic rings. The number of halogens is 1. The van der Waals surface area contributed by atoms with Crippen LogP contribution in [0.5, 0.6) is 5.75 Å². The topological polar surface area (TPSA) is 77.2 Å². The first kappa shape index (κ1) is 11.6. The van der Waals surface area contributed by atoms with E-state index in [1.54, 1.807) is 12.3 Å². The molecule has 1 aromatic heterocycles. The average Bonchev–Trinajstić information content (AvgIpc) is 2.37. The molecule has 0 aliphatic heterocycles. The van der Waals surface area contributed by atoms with Crippen LogP contribution in [-0.2, 0) is 4.79 Å². The van der Waals surface area contributed by atoms with Gasteiger partial charge in [-0.1, -0.05) is 23.7 Å². The Morgan fingerprint density at radius 3 is 3.06 bits per heavy atom. The fraction of sp³-hybridized carbons (Fsp3) is 0.0909. The molecular weight excluding hydrogens is 242 g/mol. The largest absolute Gasteiger partial charge is 0.480 e. The van der Waals surface area contributed by atoms with Crippen molar-refractivity contribution in [1.82, 2.24) is 10.4 Å². The summed E-state index contributed by atoms with van der Waals surface area (Å²) in [6.45, 7) is -0.202. The zero-order chi connectivity index (χ0) is 12.3. The Morgan fingerprint density at radius 2 is 2.29 bits per heavy atom. The van der Waals surface area contributed by atoms with Gasteiger partial charge < -0.3 is 4.74 Å². The van der Waals surface area contributed by atoms with Crippen LogP contribution in [0.25, 0.3) is 10.9 Å².